The van der Waals surface area contributed by atoms with Crippen LogP contribution in [0.2, 0.25) is 5.02 Å². The first-order valence-corrected chi connectivity index (χ1v) is 17.4. The number of fused-ring (bicyclic) bond motifs is 1. The van der Waals surface area contributed by atoms with Gasteiger partial charge in [-0.3, -0.25) is 9.88 Å². The van der Waals surface area contributed by atoms with Crippen molar-refractivity contribution in [2.45, 2.75) is 112 Å². The van der Waals surface area contributed by atoms with Crippen molar-refractivity contribution in [3.05, 3.63) is 81.1 Å². The monoisotopic (exact) mass is 661 g/mol. The predicted octanol–water partition coefficient (Wildman–Crippen LogP) is 8.20. The van der Waals surface area contributed by atoms with E-state index in [1.165, 1.54) is 22.3 Å². The summed E-state index contributed by atoms with van der Waals surface area (Å²) in [6, 6.07) is 12.7. The number of halogens is 1. The Labute approximate surface area is 286 Å². The van der Waals surface area contributed by atoms with E-state index in [4.69, 9.17) is 26.1 Å². The Kier molecular flexibility index (Phi) is 10.7. The van der Waals surface area contributed by atoms with Crippen LogP contribution in [-0.2, 0) is 40.4 Å². The van der Waals surface area contributed by atoms with Gasteiger partial charge in [0.1, 0.15) is 0 Å². The van der Waals surface area contributed by atoms with Gasteiger partial charge in [0.05, 0.1) is 29.7 Å². The summed E-state index contributed by atoms with van der Waals surface area (Å²) in [5.74, 6) is -0.433. The van der Waals surface area contributed by atoms with E-state index in [1.807, 2.05) is 46.8 Å². The highest BCUT2D eigenvalue weighted by Crippen LogP contribution is 2.44. The largest absolute Gasteiger partial charge is 0.461 e. The number of piperidine rings is 1. The average molecular weight is 662 g/mol. The van der Waals surface area contributed by atoms with Crippen molar-refractivity contribution in [1.82, 2.24) is 9.88 Å². The minimum atomic E-state index is -0.971. The second kappa shape index (κ2) is 14.3. The van der Waals surface area contributed by atoms with Crippen molar-refractivity contribution < 1.29 is 19.4 Å². The fourth-order valence-corrected chi connectivity index (χ4v) is 7.01. The Bertz CT molecular complexity index is 1570. The van der Waals surface area contributed by atoms with Gasteiger partial charge < -0.3 is 19.5 Å². The molecule has 1 aromatic heterocycles. The van der Waals surface area contributed by atoms with Crippen LogP contribution in [0.15, 0.2) is 42.6 Å². The van der Waals surface area contributed by atoms with E-state index in [-0.39, 0.29) is 18.1 Å². The molecule has 8 heteroatoms. The molecular weight excluding hydrogens is 610 g/mol. The van der Waals surface area contributed by atoms with Gasteiger partial charge in [-0.2, -0.15) is 0 Å². The highest BCUT2D eigenvalue weighted by atomic mass is 35.5. The second-order valence-electron chi connectivity index (χ2n) is 15.3. The van der Waals surface area contributed by atoms with Gasteiger partial charge in [0.2, 0.25) is 0 Å². The summed E-state index contributed by atoms with van der Waals surface area (Å²) in [6.45, 7) is 20.3. The van der Waals surface area contributed by atoms with E-state index in [0.29, 0.717) is 11.3 Å². The van der Waals surface area contributed by atoms with Crippen LogP contribution in [0.3, 0.4) is 0 Å². The Morgan fingerprint density at radius 1 is 1.09 bits per heavy atom. The normalized spacial score (nSPS) is 17.5. The van der Waals surface area contributed by atoms with Gasteiger partial charge in [-0.15, -0.1) is 0 Å². The minimum absolute atomic E-state index is 0.217. The molecule has 1 saturated heterocycles. The minimum Gasteiger partial charge on any atom is -0.461 e. The summed E-state index contributed by atoms with van der Waals surface area (Å²) in [4.78, 5) is 23.3. The molecule has 254 valence electrons. The second-order valence-corrected chi connectivity index (χ2v) is 15.7. The van der Waals surface area contributed by atoms with Crippen molar-refractivity contribution >= 4 is 23.3 Å². The molecule has 1 N–H and O–H groups in total. The van der Waals surface area contributed by atoms with Crippen LogP contribution in [0.1, 0.15) is 101 Å². The van der Waals surface area contributed by atoms with Crippen molar-refractivity contribution in [3.8, 4) is 11.1 Å². The molecular formula is C39H52ClN3O4. The third-order valence-electron chi connectivity index (χ3n) is 9.38. The number of benzene rings is 2. The number of rotatable bonds is 9. The standard InChI is InChI=1S/C39H52ClN3O4/c1-25(2)46-37(45)36(47-38(4,5)6)30-21-41-33(24-44)34(35(30)43-18-15-39(7,8)16-19-43)28-12-13-29-22-42(17-14-27(29)20-28)23-31-26(3)10-9-11-32(31)40/h9-13,20-21,25,36,44H,14-19,22-24H2,1-8H3/t36-/m0/s1. The number of carbonyl (C=O) groups is 1. The number of aromatic nitrogens is 1. The topological polar surface area (TPSA) is 75.1 Å². The molecule has 3 heterocycles. The molecule has 0 aliphatic carbocycles. The lowest BCUT2D eigenvalue weighted by molar-refractivity contribution is -0.171. The van der Waals surface area contributed by atoms with E-state index in [2.05, 4.69) is 54.8 Å². The zero-order chi connectivity index (χ0) is 34.1. The Morgan fingerprint density at radius 3 is 2.45 bits per heavy atom. The molecule has 2 aromatic carbocycles. The number of hydrogen-bond acceptors (Lipinski definition) is 7. The van der Waals surface area contributed by atoms with Gasteiger partial charge in [0.15, 0.2) is 6.10 Å². The van der Waals surface area contributed by atoms with Gasteiger partial charge in [-0.1, -0.05) is 55.8 Å². The van der Waals surface area contributed by atoms with Crippen LogP contribution in [0.5, 0.6) is 0 Å². The average Bonchev–Trinajstić information content (AvgIpc) is 3.00. The molecule has 3 aromatic rings. The number of pyridine rings is 1. The first-order chi connectivity index (χ1) is 22.2. The molecule has 2 aliphatic heterocycles. The molecule has 0 unspecified atom stereocenters. The third kappa shape index (κ3) is 8.37. The van der Waals surface area contributed by atoms with Gasteiger partial charge in [0.25, 0.3) is 0 Å². The first kappa shape index (κ1) is 35.3. The van der Waals surface area contributed by atoms with Gasteiger partial charge in [-0.25, -0.2) is 4.79 Å². The molecule has 0 spiro atoms. The Balaban J connectivity index is 1.59. The number of aryl methyl sites for hydroxylation is 1. The van der Waals surface area contributed by atoms with Crippen LogP contribution < -0.4 is 4.90 Å². The summed E-state index contributed by atoms with van der Waals surface area (Å²) < 4.78 is 12.2. The number of hydrogen-bond donors (Lipinski definition) is 1. The fourth-order valence-electron chi connectivity index (χ4n) is 6.72. The zero-order valence-corrected chi connectivity index (χ0v) is 30.2. The van der Waals surface area contributed by atoms with E-state index in [1.54, 1.807) is 6.20 Å². The molecule has 1 atom stereocenters. The lowest BCUT2D eigenvalue weighted by Gasteiger charge is -2.41. The number of carbonyl (C=O) groups excluding carboxylic acids is 1. The smallest absolute Gasteiger partial charge is 0.340 e. The number of aliphatic hydroxyl groups excluding tert-OH is 1. The maximum absolute atomic E-state index is 13.7. The summed E-state index contributed by atoms with van der Waals surface area (Å²) >= 11 is 6.58. The number of anilines is 1. The molecule has 7 nitrogen and oxygen atoms in total. The Hall–Kier alpha value is -2.97. The molecule has 0 amide bonds. The van der Waals surface area contributed by atoms with Crippen molar-refractivity contribution in [3.63, 3.8) is 0 Å². The van der Waals surface area contributed by atoms with Gasteiger partial charge in [-0.05, 0) is 100 Å². The molecule has 0 saturated carbocycles. The quantitative estimate of drug-likeness (QED) is 0.232. The number of aliphatic hydroxyl groups is 1. The van der Waals surface area contributed by atoms with Gasteiger partial charge in [0, 0.05) is 55.1 Å². The van der Waals surface area contributed by atoms with Crippen molar-refractivity contribution in [1.29, 1.82) is 0 Å². The molecule has 5 rings (SSSR count). The predicted molar refractivity (Wildman–Crippen MR) is 190 cm³/mol. The summed E-state index contributed by atoms with van der Waals surface area (Å²) in [5.41, 5.74) is 8.60. The fraction of sp³-hybridized carbons (Fsp3) is 0.538. The van der Waals surface area contributed by atoms with Crippen LogP contribution in [-0.4, -0.2) is 52.3 Å². The van der Waals surface area contributed by atoms with E-state index in [9.17, 15) is 9.90 Å². The highest BCUT2D eigenvalue weighted by molar-refractivity contribution is 6.31. The molecule has 1 fully saturated rings. The molecule has 2 aliphatic rings. The first-order valence-electron chi connectivity index (χ1n) is 17.0. The van der Waals surface area contributed by atoms with Crippen molar-refractivity contribution in [2.24, 2.45) is 5.41 Å². The lowest BCUT2D eigenvalue weighted by atomic mass is 9.82. The number of esters is 1. The summed E-state index contributed by atoms with van der Waals surface area (Å²) in [5, 5.41) is 11.5. The van der Waals surface area contributed by atoms with Crippen molar-refractivity contribution in [2.75, 3.05) is 24.5 Å². The van der Waals surface area contributed by atoms with Crippen LogP contribution in [0.25, 0.3) is 11.1 Å². The summed E-state index contributed by atoms with van der Waals surface area (Å²) in [6.07, 6.45) is 3.37. The van der Waals surface area contributed by atoms with E-state index in [0.717, 1.165) is 73.8 Å². The number of ether oxygens (including phenoxy) is 2. The SMILES string of the molecule is Cc1cccc(Cl)c1CN1CCc2cc(-c3c(CO)ncc([C@H](OC(C)(C)C)C(=O)OC(C)C)c3N3CCC(C)(C)CC3)ccc2C1. The Morgan fingerprint density at radius 2 is 1.81 bits per heavy atom. The maximum Gasteiger partial charge on any atom is 0.340 e. The molecule has 47 heavy (non-hydrogen) atoms. The van der Waals surface area contributed by atoms with E-state index >= 15 is 0 Å². The van der Waals surface area contributed by atoms with Crippen LogP contribution in [0, 0.1) is 12.3 Å². The van der Waals surface area contributed by atoms with Crippen LogP contribution in [0.4, 0.5) is 5.69 Å². The summed E-state index contributed by atoms with van der Waals surface area (Å²) in [7, 11) is 0. The maximum atomic E-state index is 13.7. The zero-order valence-electron chi connectivity index (χ0n) is 29.5. The number of nitrogens with zero attached hydrogens (tertiary/aromatic N) is 3. The van der Waals surface area contributed by atoms with Gasteiger partial charge >= 0.3 is 5.97 Å². The third-order valence-corrected chi connectivity index (χ3v) is 9.74. The lowest BCUT2D eigenvalue weighted by Crippen LogP contribution is -2.39. The molecule has 0 bridgehead atoms. The highest BCUT2D eigenvalue weighted by Gasteiger charge is 2.37. The van der Waals surface area contributed by atoms with E-state index < -0.39 is 17.7 Å². The molecule has 0 radical (unpaired) electrons. The van der Waals surface area contributed by atoms with Crippen LogP contribution >= 0.6 is 11.6 Å².